The van der Waals surface area contributed by atoms with E-state index >= 15 is 0 Å². The second kappa shape index (κ2) is 12.5. The lowest BCUT2D eigenvalue weighted by Gasteiger charge is -2.42. The number of carbonyl (C=O) groups excluding carboxylic acids is 1. The van der Waals surface area contributed by atoms with Crippen molar-refractivity contribution in [2.45, 2.75) is 89.9 Å². The summed E-state index contributed by atoms with van der Waals surface area (Å²) >= 11 is 0. The van der Waals surface area contributed by atoms with Gasteiger partial charge in [0.2, 0.25) is 5.91 Å². The zero-order valence-corrected chi connectivity index (χ0v) is 23.6. The third kappa shape index (κ3) is 7.40. The smallest absolute Gasteiger partial charge is 0.328 e. The average molecular weight is 522 g/mol. The molecular formula is C32H43NO5. The Balaban J connectivity index is 1.97. The van der Waals surface area contributed by atoms with Gasteiger partial charge in [0.15, 0.2) is 0 Å². The van der Waals surface area contributed by atoms with Crippen molar-refractivity contribution >= 4 is 18.0 Å². The van der Waals surface area contributed by atoms with E-state index in [4.69, 9.17) is 20.3 Å². The summed E-state index contributed by atoms with van der Waals surface area (Å²) in [6, 6.07) is 10.2. The van der Waals surface area contributed by atoms with Gasteiger partial charge in [0, 0.05) is 23.6 Å². The largest absolute Gasteiger partial charge is 0.496 e. The number of aliphatic carboxylic acids is 1. The van der Waals surface area contributed by atoms with Crippen molar-refractivity contribution in [2.24, 2.45) is 5.73 Å². The number of carboxylic acid groups (broad SMARTS) is 1. The van der Waals surface area contributed by atoms with Crippen LogP contribution in [-0.2, 0) is 20.4 Å². The number of carbonyl (C=O) groups is 2. The van der Waals surface area contributed by atoms with E-state index in [-0.39, 0.29) is 16.7 Å². The van der Waals surface area contributed by atoms with Crippen LogP contribution in [0.25, 0.3) is 17.2 Å². The van der Waals surface area contributed by atoms with Gasteiger partial charge in [-0.15, -0.1) is 0 Å². The van der Waals surface area contributed by atoms with Gasteiger partial charge in [-0.25, -0.2) is 4.79 Å². The molecule has 6 nitrogen and oxygen atoms in total. The molecular weight excluding hydrogens is 478 g/mol. The highest BCUT2D eigenvalue weighted by atomic mass is 16.5. The first-order valence-electron chi connectivity index (χ1n) is 13.6. The van der Waals surface area contributed by atoms with E-state index in [0.29, 0.717) is 18.8 Å². The Morgan fingerprint density at radius 1 is 0.895 bits per heavy atom. The Morgan fingerprint density at radius 3 is 2.13 bits per heavy atom. The first-order valence-corrected chi connectivity index (χ1v) is 13.6. The molecule has 0 spiro atoms. The summed E-state index contributed by atoms with van der Waals surface area (Å²) in [4.78, 5) is 22.0. The molecule has 0 heterocycles. The summed E-state index contributed by atoms with van der Waals surface area (Å²) in [5.41, 5.74) is 10.5. The van der Waals surface area contributed by atoms with Crippen LogP contribution in [0, 0.1) is 0 Å². The molecule has 0 unspecified atom stereocenters. The minimum Gasteiger partial charge on any atom is -0.496 e. The summed E-state index contributed by atoms with van der Waals surface area (Å²) in [6.45, 7) is 9.79. The molecule has 1 amide bonds. The molecule has 3 rings (SSSR count). The fraction of sp³-hybridized carbons (Fsp3) is 0.500. The Hall–Kier alpha value is -3.28. The number of hydrogen-bond donors (Lipinski definition) is 2. The van der Waals surface area contributed by atoms with Gasteiger partial charge in [0.1, 0.15) is 11.5 Å². The van der Waals surface area contributed by atoms with Crippen LogP contribution in [0.5, 0.6) is 11.5 Å². The topological polar surface area (TPSA) is 98.8 Å². The Labute approximate surface area is 227 Å². The maximum atomic E-state index is 11.1. The normalized spacial score (nSPS) is 15.7. The summed E-state index contributed by atoms with van der Waals surface area (Å²) in [5, 5.41) is 9.11. The number of rotatable bonds is 13. The zero-order chi connectivity index (χ0) is 27.9. The summed E-state index contributed by atoms with van der Waals surface area (Å²) in [6.07, 6.45) is 10.2. The van der Waals surface area contributed by atoms with Crippen molar-refractivity contribution in [3.8, 4) is 22.6 Å². The second-order valence-electron chi connectivity index (χ2n) is 11.6. The Kier molecular flexibility index (Phi) is 9.64. The summed E-state index contributed by atoms with van der Waals surface area (Å²) in [5.74, 6) is 0.307. The number of benzene rings is 2. The minimum absolute atomic E-state index is 0.0249. The molecule has 206 valence electrons. The van der Waals surface area contributed by atoms with Crippen LogP contribution in [0.1, 0.15) is 95.8 Å². The van der Waals surface area contributed by atoms with E-state index in [1.165, 1.54) is 11.1 Å². The van der Waals surface area contributed by atoms with E-state index in [1.807, 2.05) is 18.2 Å². The number of ether oxygens (including phenoxy) is 2. The van der Waals surface area contributed by atoms with Crippen LogP contribution >= 0.6 is 0 Å². The maximum absolute atomic E-state index is 11.1. The van der Waals surface area contributed by atoms with E-state index in [1.54, 1.807) is 13.2 Å². The highest BCUT2D eigenvalue weighted by Gasteiger charge is 2.38. The van der Waals surface area contributed by atoms with Crippen molar-refractivity contribution in [1.82, 2.24) is 0 Å². The molecule has 2 aromatic carbocycles. The van der Waals surface area contributed by atoms with Crippen molar-refractivity contribution in [2.75, 3.05) is 13.7 Å². The number of primary amides is 1. The van der Waals surface area contributed by atoms with Crippen molar-refractivity contribution in [3.63, 3.8) is 0 Å². The average Bonchev–Trinajstić information content (AvgIpc) is 2.86. The van der Waals surface area contributed by atoms with Crippen molar-refractivity contribution in [1.29, 1.82) is 0 Å². The lowest BCUT2D eigenvalue weighted by molar-refractivity contribution is -0.131. The SMILES string of the molecule is COc1ccc(/C=C/C(=O)O)cc1-c1cc2c(cc1OCCCCCCCC(N)=O)C(C)(C)CCC2(C)C. The number of unbranched alkanes of at least 4 members (excludes halogenated alkanes) is 4. The number of nitrogens with two attached hydrogens (primary N) is 1. The molecule has 1 aliphatic carbocycles. The van der Waals surface area contributed by atoms with E-state index in [0.717, 1.165) is 73.5 Å². The first-order chi connectivity index (χ1) is 17.9. The Morgan fingerprint density at radius 2 is 1.50 bits per heavy atom. The molecule has 0 aliphatic heterocycles. The number of fused-ring (bicyclic) bond motifs is 1. The van der Waals surface area contributed by atoms with Crippen molar-refractivity contribution in [3.05, 3.63) is 53.1 Å². The standard InChI is InChI=1S/C32H43NO5/c1-31(2)16-17-32(3,4)26-21-28(38-18-10-8-6-7-9-11-29(33)34)24(20-25(26)31)23-19-22(13-15-30(35)36)12-14-27(23)37-5/h12-15,19-21H,6-11,16-18H2,1-5H3,(H2,33,34)(H,35,36)/b15-13+. The third-order valence-electron chi connectivity index (χ3n) is 7.71. The molecule has 3 N–H and O–H groups in total. The van der Waals surface area contributed by atoms with Crippen molar-refractivity contribution < 1.29 is 24.2 Å². The van der Waals surface area contributed by atoms with E-state index in [2.05, 4.69) is 39.8 Å². The van der Waals surface area contributed by atoms with Gasteiger partial charge in [-0.2, -0.15) is 0 Å². The molecule has 0 saturated heterocycles. The van der Waals surface area contributed by atoms with Crippen LogP contribution in [-0.4, -0.2) is 30.7 Å². The molecule has 0 saturated carbocycles. The second-order valence-corrected chi connectivity index (χ2v) is 11.6. The molecule has 2 aromatic rings. The lowest BCUT2D eigenvalue weighted by atomic mass is 9.62. The maximum Gasteiger partial charge on any atom is 0.328 e. The molecule has 38 heavy (non-hydrogen) atoms. The summed E-state index contributed by atoms with van der Waals surface area (Å²) < 4.78 is 12.2. The number of hydrogen-bond acceptors (Lipinski definition) is 4. The molecule has 0 radical (unpaired) electrons. The predicted molar refractivity (Wildman–Crippen MR) is 153 cm³/mol. The van der Waals surface area contributed by atoms with Gasteiger partial charge in [0.05, 0.1) is 13.7 Å². The third-order valence-corrected chi connectivity index (χ3v) is 7.71. The van der Waals surface area contributed by atoms with Gasteiger partial charge in [-0.3, -0.25) is 4.79 Å². The quantitative estimate of drug-likeness (QED) is 0.218. The highest BCUT2D eigenvalue weighted by Crippen LogP contribution is 2.50. The first kappa shape index (κ1) is 29.3. The van der Waals surface area contributed by atoms with Crippen LogP contribution in [0.3, 0.4) is 0 Å². The van der Waals surface area contributed by atoms with Gasteiger partial charge in [0.25, 0.3) is 0 Å². The molecule has 0 atom stereocenters. The summed E-state index contributed by atoms with van der Waals surface area (Å²) in [7, 11) is 1.65. The number of amides is 1. The van der Waals surface area contributed by atoms with Crippen LogP contribution in [0.2, 0.25) is 0 Å². The molecule has 0 bridgehead atoms. The van der Waals surface area contributed by atoms with Gasteiger partial charge in [-0.05, 0) is 83.5 Å². The number of carboxylic acids is 1. The molecule has 6 heteroatoms. The van der Waals surface area contributed by atoms with E-state index in [9.17, 15) is 9.59 Å². The fourth-order valence-corrected chi connectivity index (χ4v) is 5.24. The monoisotopic (exact) mass is 521 g/mol. The zero-order valence-electron chi connectivity index (χ0n) is 23.6. The fourth-order valence-electron chi connectivity index (χ4n) is 5.24. The van der Waals surface area contributed by atoms with Crippen LogP contribution in [0.15, 0.2) is 36.4 Å². The molecule has 0 aromatic heterocycles. The van der Waals surface area contributed by atoms with Crippen LogP contribution < -0.4 is 15.2 Å². The molecule has 0 fully saturated rings. The predicted octanol–water partition coefficient (Wildman–Crippen LogP) is 7.01. The van der Waals surface area contributed by atoms with Gasteiger partial charge < -0.3 is 20.3 Å². The van der Waals surface area contributed by atoms with Gasteiger partial charge in [-0.1, -0.05) is 53.0 Å². The highest BCUT2D eigenvalue weighted by molar-refractivity contribution is 5.86. The van der Waals surface area contributed by atoms with Crippen LogP contribution in [0.4, 0.5) is 0 Å². The Bertz CT molecular complexity index is 1180. The lowest BCUT2D eigenvalue weighted by Crippen LogP contribution is -2.34. The minimum atomic E-state index is -0.987. The molecule has 1 aliphatic rings. The van der Waals surface area contributed by atoms with E-state index < -0.39 is 5.97 Å². The number of methoxy groups -OCH3 is 1. The van der Waals surface area contributed by atoms with Gasteiger partial charge >= 0.3 is 5.97 Å².